The van der Waals surface area contributed by atoms with Gasteiger partial charge in [-0.05, 0) is 55.5 Å². The van der Waals surface area contributed by atoms with E-state index in [1.54, 1.807) is 23.5 Å². The van der Waals surface area contributed by atoms with Crippen LogP contribution in [0.15, 0.2) is 42.0 Å². The van der Waals surface area contributed by atoms with Crippen LogP contribution in [0.25, 0.3) is 11.3 Å². The van der Waals surface area contributed by atoms with E-state index in [0.717, 1.165) is 48.9 Å². The standard InChI is InChI=1S/C19H21FN4S/c1-2-24-12-16(11-21-24)14-7-9-23(10-8-14)19-22-18(13-25-19)15-3-5-17(20)6-4-15/h3-6,11-14H,2,7-10H2,1H3. The topological polar surface area (TPSA) is 34.0 Å². The lowest BCUT2D eigenvalue weighted by Crippen LogP contribution is -2.32. The summed E-state index contributed by atoms with van der Waals surface area (Å²) in [4.78, 5) is 7.11. The molecule has 130 valence electrons. The Labute approximate surface area is 150 Å². The van der Waals surface area contributed by atoms with E-state index in [1.807, 2.05) is 10.9 Å². The van der Waals surface area contributed by atoms with E-state index in [1.165, 1.54) is 17.7 Å². The summed E-state index contributed by atoms with van der Waals surface area (Å²) in [6, 6.07) is 6.53. The molecule has 0 radical (unpaired) electrons. The minimum absolute atomic E-state index is 0.215. The fourth-order valence-electron chi connectivity index (χ4n) is 3.33. The van der Waals surface area contributed by atoms with Crippen molar-refractivity contribution in [3.8, 4) is 11.3 Å². The molecule has 3 aromatic rings. The first kappa shape index (κ1) is 16.3. The Hall–Kier alpha value is -2.21. The third-order valence-corrected chi connectivity index (χ3v) is 5.75. The minimum atomic E-state index is -0.215. The van der Waals surface area contributed by atoms with Gasteiger partial charge in [-0.15, -0.1) is 11.3 Å². The van der Waals surface area contributed by atoms with Crippen LogP contribution in [0.2, 0.25) is 0 Å². The van der Waals surface area contributed by atoms with E-state index in [0.29, 0.717) is 5.92 Å². The Morgan fingerprint density at radius 3 is 2.64 bits per heavy atom. The lowest BCUT2D eigenvalue weighted by atomic mass is 9.92. The van der Waals surface area contributed by atoms with E-state index < -0.39 is 0 Å². The van der Waals surface area contributed by atoms with E-state index in [2.05, 4.69) is 28.5 Å². The number of rotatable bonds is 4. The highest BCUT2D eigenvalue weighted by Gasteiger charge is 2.23. The summed E-state index contributed by atoms with van der Waals surface area (Å²) in [5, 5.41) is 7.51. The zero-order valence-corrected chi connectivity index (χ0v) is 15.0. The smallest absolute Gasteiger partial charge is 0.185 e. The van der Waals surface area contributed by atoms with Crippen LogP contribution in [-0.4, -0.2) is 27.9 Å². The van der Waals surface area contributed by atoms with E-state index in [4.69, 9.17) is 4.98 Å². The van der Waals surface area contributed by atoms with Gasteiger partial charge in [0.2, 0.25) is 0 Å². The number of nitrogens with zero attached hydrogens (tertiary/aromatic N) is 4. The van der Waals surface area contributed by atoms with Crippen molar-refractivity contribution in [2.24, 2.45) is 0 Å². The third kappa shape index (κ3) is 3.44. The van der Waals surface area contributed by atoms with Gasteiger partial charge in [0, 0.05) is 36.8 Å². The fraction of sp³-hybridized carbons (Fsp3) is 0.368. The Morgan fingerprint density at radius 2 is 1.96 bits per heavy atom. The van der Waals surface area contributed by atoms with Crippen molar-refractivity contribution >= 4 is 16.5 Å². The predicted octanol–water partition coefficient (Wildman–Crippen LogP) is 4.55. The molecule has 0 unspecified atom stereocenters. The molecule has 1 saturated heterocycles. The van der Waals surface area contributed by atoms with Gasteiger partial charge in [-0.1, -0.05) is 0 Å². The van der Waals surface area contributed by atoms with Gasteiger partial charge in [0.1, 0.15) is 5.82 Å². The number of benzene rings is 1. The van der Waals surface area contributed by atoms with Crippen molar-refractivity contribution in [2.75, 3.05) is 18.0 Å². The molecule has 1 fully saturated rings. The first-order chi connectivity index (χ1) is 12.2. The second kappa shape index (κ2) is 6.96. The molecule has 1 aliphatic rings. The molecule has 0 saturated carbocycles. The summed E-state index contributed by atoms with van der Waals surface area (Å²) < 4.78 is 15.1. The number of piperidine rings is 1. The van der Waals surface area contributed by atoms with Crippen molar-refractivity contribution in [1.82, 2.24) is 14.8 Å². The fourth-order valence-corrected chi connectivity index (χ4v) is 4.22. The molecule has 6 heteroatoms. The van der Waals surface area contributed by atoms with Crippen LogP contribution in [0.1, 0.15) is 31.2 Å². The molecular weight excluding hydrogens is 335 g/mol. The normalized spacial score (nSPS) is 15.7. The number of hydrogen-bond donors (Lipinski definition) is 0. The summed E-state index contributed by atoms with van der Waals surface area (Å²) in [7, 11) is 0. The molecule has 0 aliphatic carbocycles. The molecule has 25 heavy (non-hydrogen) atoms. The highest BCUT2D eigenvalue weighted by atomic mass is 32.1. The van der Waals surface area contributed by atoms with Gasteiger partial charge < -0.3 is 4.90 Å². The molecule has 2 aromatic heterocycles. The Morgan fingerprint density at radius 1 is 1.20 bits per heavy atom. The van der Waals surface area contributed by atoms with Crippen molar-refractivity contribution in [3.05, 3.63) is 53.4 Å². The second-order valence-electron chi connectivity index (χ2n) is 6.41. The summed E-state index contributed by atoms with van der Waals surface area (Å²) >= 11 is 1.66. The molecule has 0 bridgehead atoms. The number of hydrogen-bond acceptors (Lipinski definition) is 4. The molecule has 0 N–H and O–H groups in total. The lowest BCUT2D eigenvalue weighted by Gasteiger charge is -2.31. The zero-order chi connectivity index (χ0) is 17.2. The number of aryl methyl sites for hydroxylation is 1. The van der Waals surface area contributed by atoms with Gasteiger partial charge in [0.25, 0.3) is 0 Å². The highest BCUT2D eigenvalue weighted by Crippen LogP contribution is 2.33. The van der Waals surface area contributed by atoms with E-state index in [9.17, 15) is 4.39 Å². The molecule has 4 nitrogen and oxygen atoms in total. The van der Waals surface area contributed by atoms with Crippen LogP contribution < -0.4 is 4.90 Å². The predicted molar refractivity (Wildman–Crippen MR) is 99.6 cm³/mol. The Kier molecular flexibility index (Phi) is 4.53. The lowest BCUT2D eigenvalue weighted by molar-refractivity contribution is 0.504. The maximum atomic E-state index is 13.1. The summed E-state index contributed by atoms with van der Waals surface area (Å²) in [5.74, 6) is 0.376. The summed E-state index contributed by atoms with van der Waals surface area (Å²) in [6.45, 7) is 5.06. The van der Waals surface area contributed by atoms with Crippen LogP contribution in [0.5, 0.6) is 0 Å². The van der Waals surface area contributed by atoms with Crippen LogP contribution in [0, 0.1) is 5.82 Å². The molecule has 1 aliphatic heterocycles. The molecule has 0 spiro atoms. The summed E-state index contributed by atoms with van der Waals surface area (Å²) in [6.07, 6.45) is 6.44. The average Bonchev–Trinajstić information content (AvgIpc) is 3.32. The van der Waals surface area contributed by atoms with Gasteiger partial charge in [-0.3, -0.25) is 4.68 Å². The molecule has 0 amide bonds. The van der Waals surface area contributed by atoms with Crippen LogP contribution >= 0.6 is 11.3 Å². The van der Waals surface area contributed by atoms with Crippen LogP contribution in [0.4, 0.5) is 9.52 Å². The quantitative estimate of drug-likeness (QED) is 0.688. The number of anilines is 1. The Bertz CT molecular complexity index is 831. The maximum Gasteiger partial charge on any atom is 0.185 e. The number of aromatic nitrogens is 3. The maximum absolute atomic E-state index is 13.1. The van der Waals surface area contributed by atoms with Gasteiger partial charge in [-0.2, -0.15) is 5.10 Å². The highest BCUT2D eigenvalue weighted by molar-refractivity contribution is 7.14. The first-order valence-electron chi connectivity index (χ1n) is 8.71. The number of halogens is 1. The van der Waals surface area contributed by atoms with E-state index >= 15 is 0 Å². The van der Waals surface area contributed by atoms with Gasteiger partial charge in [0.15, 0.2) is 5.13 Å². The summed E-state index contributed by atoms with van der Waals surface area (Å²) in [5.41, 5.74) is 3.24. The monoisotopic (exact) mass is 356 g/mol. The van der Waals surface area contributed by atoms with Gasteiger partial charge >= 0.3 is 0 Å². The minimum Gasteiger partial charge on any atom is -0.348 e. The SMILES string of the molecule is CCn1cc(C2CCN(c3nc(-c4ccc(F)cc4)cs3)CC2)cn1. The molecule has 3 heterocycles. The van der Waals surface area contributed by atoms with Crippen molar-refractivity contribution in [1.29, 1.82) is 0 Å². The third-order valence-electron chi connectivity index (χ3n) is 4.85. The number of thiazole rings is 1. The zero-order valence-electron chi connectivity index (χ0n) is 14.2. The van der Waals surface area contributed by atoms with Gasteiger partial charge in [0.05, 0.1) is 11.9 Å². The molecule has 0 atom stereocenters. The Balaban J connectivity index is 1.42. The molecule has 1 aromatic carbocycles. The van der Waals surface area contributed by atoms with Crippen LogP contribution in [-0.2, 0) is 6.54 Å². The largest absolute Gasteiger partial charge is 0.348 e. The van der Waals surface area contributed by atoms with Gasteiger partial charge in [-0.25, -0.2) is 9.37 Å². The van der Waals surface area contributed by atoms with Crippen LogP contribution in [0.3, 0.4) is 0 Å². The molecular formula is C19H21FN4S. The van der Waals surface area contributed by atoms with E-state index in [-0.39, 0.29) is 5.82 Å². The average molecular weight is 356 g/mol. The second-order valence-corrected chi connectivity index (χ2v) is 7.25. The van der Waals surface area contributed by atoms with Crippen molar-refractivity contribution in [2.45, 2.75) is 32.2 Å². The first-order valence-corrected chi connectivity index (χ1v) is 9.59. The van der Waals surface area contributed by atoms with Crippen molar-refractivity contribution in [3.63, 3.8) is 0 Å². The molecule has 4 rings (SSSR count). The van der Waals surface area contributed by atoms with Crippen molar-refractivity contribution < 1.29 is 4.39 Å².